The van der Waals surface area contributed by atoms with E-state index < -0.39 is 11.9 Å². The SMILES string of the molecule is CCc1cc(NC(=O)CCc2ccc3c(c2)C(=O)N(C2CCC(=O)NC2=O)C3)cc(Cl)c1C. The number of imide groups is 1. The molecule has 4 amide bonds. The molecular weight excluding hydrogens is 442 g/mol. The van der Waals surface area contributed by atoms with Crippen LogP contribution in [0.4, 0.5) is 5.69 Å². The van der Waals surface area contributed by atoms with Crippen LogP contribution < -0.4 is 10.6 Å². The van der Waals surface area contributed by atoms with Crippen molar-refractivity contribution in [3.8, 4) is 0 Å². The summed E-state index contributed by atoms with van der Waals surface area (Å²) in [7, 11) is 0. The van der Waals surface area contributed by atoms with Crippen molar-refractivity contribution in [1.29, 1.82) is 0 Å². The molecule has 0 bridgehead atoms. The Morgan fingerprint density at radius 1 is 1.21 bits per heavy atom. The lowest BCUT2D eigenvalue weighted by molar-refractivity contribution is -0.137. The number of nitrogens with zero attached hydrogens (tertiary/aromatic N) is 1. The largest absolute Gasteiger partial charge is 0.326 e. The molecule has 7 nitrogen and oxygen atoms in total. The zero-order valence-corrected chi connectivity index (χ0v) is 19.4. The van der Waals surface area contributed by atoms with Crippen LogP contribution in [-0.4, -0.2) is 34.6 Å². The monoisotopic (exact) mass is 467 g/mol. The van der Waals surface area contributed by atoms with E-state index in [1.807, 2.05) is 32.0 Å². The fourth-order valence-corrected chi connectivity index (χ4v) is 4.65. The first kappa shape index (κ1) is 23.0. The number of carbonyl (C=O) groups excluding carboxylic acids is 4. The average Bonchev–Trinajstić information content (AvgIpc) is 3.10. The molecule has 172 valence electrons. The third-order valence-electron chi connectivity index (χ3n) is 6.35. The summed E-state index contributed by atoms with van der Waals surface area (Å²) in [6, 6.07) is 8.65. The van der Waals surface area contributed by atoms with E-state index in [-0.39, 0.29) is 30.6 Å². The smallest absolute Gasteiger partial charge is 0.255 e. The Hall–Kier alpha value is -3.19. The van der Waals surface area contributed by atoms with Crippen molar-refractivity contribution >= 4 is 40.9 Å². The summed E-state index contributed by atoms with van der Waals surface area (Å²) in [4.78, 5) is 50.6. The van der Waals surface area contributed by atoms with E-state index in [0.29, 0.717) is 35.7 Å². The molecule has 2 heterocycles. The van der Waals surface area contributed by atoms with Crippen molar-refractivity contribution in [2.24, 2.45) is 0 Å². The topological polar surface area (TPSA) is 95.6 Å². The van der Waals surface area contributed by atoms with Crippen molar-refractivity contribution in [3.05, 3.63) is 63.2 Å². The van der Waals surface area contributed by atoms with Crippen LogP contribution in [0.2, 0.25) is 5.02 Å². The summed E-state index contributed by atoms with van der Waals surface area (Å²) in [5, 5.41) is 5.84. The van der Waals surface area contributed by atoms with Gasteiger partial charge in [0.05, 0.1) is 0 Å². The van der Waals surface area contributed by atoms with E-state index in [9.17, 15) is 19.2 Å². The molecule has 1 saturated heterocycles. The maximum absolute atomic E-state index is 12.9. The first-order chi connectivity index (χ1) is 15.8. The van der Waals surface area contributed by atoms with E-state index in [1.165, 1.54) is 4.90 Å². The van der Waals surface area contributed by atoms with E-state index >= 15 is 0 Å². The fraction of sp³-hybridized carbons (Fsp3) is 0.360. The van der Waals surface area contributed by atoms with E-state index in [2.05, 4.69) is 10.6 Å². The Morgan fingerprint density at radius 3 is 2.73 bits per heavy atom. The van der Waals surface area contributed by atoms with Gasteiger partial charge in [-0.1, -0.05) is 30.7 Å². The van der Waals surface area contributed by atoms with Crippen LogP contribution in [0.3, 0.4) is 0 Å². The number of halogens is 1. The molecule has 1 unspecified atom stereocenters. The standard InChI is InChI=1S/C25H26ClN3O4/c1-3-16-11-18(12-20(26)14(16)2)27-22(30)8-5-15-4-6-17-13-29(25(33)19(17)10-15)21-7-9-23(31)28-24(21)32/h4,6,10-12,21H,3,5,7-9,13H2,1-2H3,(H,27,30)(H,28,31,32). The van der Waals surface area contributed by atoms with Gasteiger partial charge in [-0.15, -0.1) is 0 Å². The molecule has 2 aromatic carbocycles. The summed E-state index contributed by atoms with van der Waals surface area (Å²) in [6.07, 6.45) is 2.12. The molecule has 1 fully saturated rings. The molecule has 2 aliphatic rings. The van der Waals surface area contributed by atoms with Gasteiger partial charge in [0.15, 0.2) is 0 Å². The quantitative estimate of drug-likeness (QED) is 0.635. The highest BCUT2D eigenvalue weighted by molar-refractivity contribution is 6.31. The number of hydrogen-bond acceptors (Lipinski definition) is 4. The lowest BCUT2D eigenvalue weighted by Crippen LogP contribution is -2.52. The molecule has 0 saturated carbocycles. The first-order valence-corrected chi connectivity index (χ1v) is 11.5. The molecular formula is C25H26ClN3O4. The van der Waals surface area contributed by atoms with Crippen molar-refractivity contribution in [1.82, 2.24) is 10.2 Å². The predicted octanol–water partition coefficient (Wildman–Crippen LogP) is 3.54. The summed E-state index contributed by atoms with van der Waals surface area (Å²) < 4.78 is 0. The van der Waals surface area contributed by atoms with Gasteiger partial charge in [-0.3, -0.25) is 24.5 Å². The third kappa shape index (κ3) is 4.78. The highest BCUT2D eigenvalue weighted by Crippen LogP contribution is 2.29. The number of carbonyl (C=O) groups is 4. The maximum atomic E-state index is 12.9. The second-order valence-corrected chi connectivity index (χ2v) is 8.94. The van der Waals surface area contributed by atoms with Gasteiger partial charge in [0.25, 0.3) is 5.91 Å². The molecule has 8 heteroatoms. The highest BCUT2D eigenvalue weighted by Gasteiger charge is 2.39. The second kappa shape index (κ2) is 9.35. The number of fused-ring (bicyclic) bond motifs is 1. The first-order valence-electron chi connectivity index (χ1n) is 11.1. The highest BCUT2D eigenvalue weighted by atomic mass is 35.5. The summed E-state index contributed by atoms with van der Waals surface area (Å²) in [5.41, 5.74) is 5.06. The predicted molar refractivity (Wildman–Crippen MR) is 125 cm³/mol. The molecule has 2 aromatic rings. The minimum atomic E-state index is -0.633. The van der Waals surface area contributed by atoms with Crippen LogP contribution in [0.1, 0.15) is 58.8 Å². The van der Waals surface area contributed by atoms with Crippen molar-refractivity contribution in [2.75, 3.05) is 5.32 Å². The third-order valence-corrected chi connectivity index (χ3v) is 6.74. The summed E-state index contributed by atoms with van der Waals surface area (Å²) in [5.74, 6) is -1.08. The number of hydrogen-bond donors (Lipinski definition) is 2. The van der Waals surface area contributed by atoms with Crippen LogP contribution in [0.5, 0.6) is 0 Å². The Bertz CT molecular complexity index is 1160. The number of benzene rings is 2. The van der Waals surface area contributed by atoms with Gasteiger partial charge in [0, 0.05) is 35.7 Å². The minimum absolute atomic E-state index is 0.131. The molecule has 33 heavy (non-hydrogen) atoms. The Labute approximate surface area is 197 Å². The normalized spacial score (nSPS) is 17.7. The van der Waals surface area contributed by atoms with Crippen molar-refractivity contribution < 1.29 is 19.2 Å². The van der Waals surface area contributed by atoms with Crippen molar-refractivity contribution in [3.63, 3.8) is 0 Å². The van der Waals surface area contributed by atoms with Gasteiger partial charge >= 0.3 is 0 Å². The Kier molecular flexibility index (Phi) is 6.51. The lowest BCUT2D eigenvalue weighted by atomic mass is 10.0. The van der Waals surface area contributed by atoms with E-state index in [1.54, 1.807) is 12.1 Å². The molecule has 2 N–H and O–H groups in total. The number of nitrogens with one attached hydrogen (secondary N) is 2. The number of aryl methyl sites for hydroxylation is 2. The molecule has 0 aromatic heterocycles. The van der Waals surface area contributed by atoms with Gasteiger partial charge in [-0.2, -0.15) is 0 Å². The Balaban J connectivity index is 1.39. The van der Waals surface area contributed by atoms with Crippen LogP contribution in [0.15, 0.2) is 30.3 Å². The van der Waals surface area contributed by atoms with E-state index in [0.717, 1.165) is 28.7 Å². The van der Waals surface area contributed by atoms with Gasteiger partial charge in [0.2, 0.25) is 17.7 Å². The van der Waals surface area contributed by atoms with Gasteiger partial charge in [-0.25, -0.2) is 0 Å². The summed E-state index contributed by atoms with van der Waals surface area (Å²) in [6.45, 7) is 4.35. The molecule has 2 aliphatic heterocycles. The number of anilines is 1. The number of piperidine rings is 1. The van der Waals surface area contributed by atoms with Gasteiger partial charge in [-0.05, 0) is 66.6 Å². The zero-order valence-electron chi connectivity index (χ0n) is 18.7. The number of amides is 4. The van der Waals surface area contributed by atoms with Crippen molar-refractivity contribution in [2.45, 2.75) is 58.5 Å². The van der Waals surface area contributed by atoms with E-state index in [4.69, 9.17) is 11.6 Å². The number of rotatable bonds is 6. The Morgan fingerprint density at radius 2 is 2.00 bits per heavy atom. The van der Waals surface area contributed by atoms with Crippen LogP contribution in [-0.2, 0) is 33.8 Å². The molecule has 1 atom stereocenters. The van der Waals surface area contributed by atoms with Gasteiger partial charge in [0.1, 0.15) is 6.04 Å². The molecule has 0 spiro atoms. The fourth-order valence-electron chi connectivity index (χ4n) is 4.41. The van der Waals surface area contributed by atoms with Gasteiger partial charge < -0.3 is 10.2 Å². The summed E-state index contributed by atoms with van der Waals surface area (Å²) >= 11 is 6.28. The molecule has 4 rings (SSSR count). The van der Waals surface area contributed by atoms with Crippen LogP contribution in [0.25, 0.3) is 0 Å². The molecule has 0 radical (unpaired) electrons. The average molecular weight is 468 g/mol. The second-order valence-electron chi connectivity index (χ2n) is 8.54. The maximum Gasteiger partial charge on any atom is 0.255 e. The van der Waals surface area contributed by atoms with Crippen LogP contribution in [0, 0.1) is 6.92 Å². The molecule has 0 aliphatic carbocycles. The van der Waals surface area contributed by atoms with Crippen LogP contribution >= 0.6 is 11.6 Å². The lowest BCUT2D eigenvalue weighted by Gasteiger charge is -2.29. The minimum Gasteiger partial charge on any atom is -0.326 e. The zero-order chi connectivity index (χ0) is 23.7.